The van der Waals surface area contributed by atoms with E-state index >= 15 is 0 Å². The molecule has 0 aliphatic carbocycles. The van der Waals surface area contributed by atoms with Gasteiger partial charge >= 0.3 is 6.18 Å². The van der Waals surface area contributed by atoms with Crippen molar-refractivity contribution in [2.24, 2.45) is 14.1 Å². The van der Waals surface area contributed by atoms with Crippen LogP contribution in [0.5, 0.6) is 0 Å². The topological polar surface area (TPSA) is 21.7 Å². The Morgan fingerprint density at radius 2 is 2.00 bits per heavy atom. The van der Waals surface area contributed by atoms with Crippen molar-refractivity contribution in [2.75, 3.05) is 0 Å². The van der Waals surface area contributed by atoms with Crippen molar-refractivity contribution in [3.05, 3.63) is 36.2 Å². The first kappa shape index (κ1) is 11.6. The summed E-state index contributed by atoms with van der Waals surface area (Å²) in [5, 5.41) is 3.48. The van der Waals surface area contributed by atoms with E-state index in [2.05, 4.69) is 5.10 Å². The molecule has 0 aliphatic heterocycles. The van der Waals surface area contributed by atoms with Crippen LogP contribution in [0.1, 0.15) is 5.69 Å². The van der Waals surface area contributed by atoms with E-state index in [0.717, 1.165) is 6.07 Å². The minimum atomic E-state index is -4.41. The fourth-order valence-electron chi connectivity index (χ4n) is 1.63. The first-order valence-electron chi connectivity index (χ1n) is 4.96. The summed E-state index contributed by atoms with van der Waals surface area (Å²) in [6.45, 7) is 0. The van der Waals surface area contributed by atoms with Crippen LogP contribution in [-0.4, -0.2) is 9.78 Å². The molecular weight excluding hydrogens is 231 g/mol. The Balaban J connectivity index is 2.55. The minimum Gasteiger partial charge on any atom is -0.261 e. The van der Waals surface area contributed by atoms with Crippen molar-refractivity contribution in [3.63, 3.8) is 0 Å². The quantitative estimate of drug-likeness (QED) is 0.700. The number of pyridine rings is 1. The summed E-state index contributed by atoms with van der Waals surface area (Å²) >= 11 is 0. The van der Waals surface area contributed by atoms with Crippen molar-refractivity contribution in [1.29, 1.82) is 0 Å². The lowest BCUT2D eigenvalue weighted by Gasteiger charge is -1.99. The van der Waals surface area contributed by atoms with Crippen LogP contribution in [0.4, 0.5) is 13.2 Å². The van der Waals surface area contributed by atoms with Gasteiger partial charge in [-0.1, -0.05) is 0 Å². The van der Waals surface area contributed by atoms with E-state index in [0.29, 0.717) is 11.4 Å². The van der Waals surface area contributed by atoms with E-state index in [4.69, 9.17) is 0 Å². The smallest absolute Gasteiger partial charge is 0.261 e. The van der Waals surface area contributed by atoms with Gasteiger partial charge in [-0.15, -0.1) is 0 Å². The van der Waals surface area contributed by atoms with Crippen LogP contribution in [0.15, 0.2) is 30.5 Å². The zero-order valence-corrected chi connectivity index (χ0v) is 9.36. The molecule has 0 bridgehead atoms. The average molecular weight is 242 g/mol. The minimum absolute atomic E-state index is 0.431. The summed E-state index contributed by atoms with van der Waals surface area (Å²) in [6, 6.07) is 6.38. The highest BCUT2D eigenvalue weighted by atomic mass is 19.4. The molecular formula is C11H11F3N3+. The van der Waals surface area contributed by atoms with Gasteiger partial charge in [0.05, 0.1) is 0 Å². The molecule has 0 amide bonds. The molecule has 90 valence electrons. The second kappa shape index (κ2) is 3.87. The Labute approximate surface area is 96.1 Å². The van der Waals surface area contributed by atoms with E-state index in [1.165, 1.54) is 11.7 Å². The Morgan fingerprint density at radius 1 is 1.29 bits per heavy atom. The highest BCUT2D eigenvalue weighted by molar-refractivity contribution is 5.51. The van der Waals surface area contributed by atoms with Crippen molar-refractivity contribution in [2.45, 2.75) is 6.18 Å². The molecule has 2 rings (SSSR count). The lowest BCUT2D eigenvalue weighted by atomic mass is 10.2. The fourth-order valence-corrected chi connectivity index (χ4v) is 1.63. The van der Waals surface area contributed by atoms with E-state index in [1.54, 1.807) is 29.9 Å². The molecule has 0 N–H and O–H groups in total. The molecule has 6 heteroatoms. The lowest BCUT2D eigenvalue weighted by Crippen LogP contribution is -2.30. The molecule has 2 aromatic heterocycles. The third-order valence-corrected chi connectivity index (χ3v) is 2.49. The fraction of sp³-hybridized carbons (Fsp3) is 0.273. The molecule has 3 nitrogen and oxygen atoms in total. The van der Waals surface area contributed by atoms with Gasteiger partial charge in [0, 0.05) is 25.2 Å². The number of aryl methyl sites for hydroxylation is 2. The number of hydrogen-bond donors (Lipinski definition) is 0. The summed E-state index contributed by atoms with van der Waals surface area (Å²) in [5.74, 6) is 0. The Bertz CT molecular complexity index is 543. The normalized spacial score (nSPS) is 11.8. The average Bonchev–Trinajstić information content (AvgIpc) is 2.61. The second-order valence-electron chi connectivity index (χ2n) is 3.73. The molecule has 0 aliphatic rings. The maximum absolute atomic E-state index is 12.5. The highest BCUT2D eigenvalue weighted by Crippen LogP contribution is 2.30. The standard InChI is InChI=1S/C11H11F3N3/c1-16-6-4-3-5-8(16)9-7-10(11(12,13)14)15-17(9)2/h3-7H,1-2H3/q+1. The van der Waals surface area contributed by atoms with Crippen molar-refractivity contribution in [3.8, 4) is 11.4 Å². The summed E-state index contributed by atoms with van der Waals surface area (Å²) in [5.41, 5.74) is 0.234. The first-order valence-corrected chi connectivity index (χ1v) is 4.96. The molecule has 17 heavy (non-hydrogen) atoms. The molecule has 0 saturated carbocycles. The first-order chi connectivity index (χ1) is 7.89. The molecule has 0 radical (unpaired) electrons. The van der Waals surface area contributed by atoms with Crippen LogP contribution < -0.4 is 4.57 Å². The molecule has 0 saturated heterocycles. The van der Waals surface area contributed by atoms with E-state index < -0.39 is 11.9 Å². The number of hydrogen-bond acceptors (Lipinski definition) is 1. The highest BCUT2D eigenvalue weighted by Gasteiger charge is 2.35. The number of halogens is 3. The van der Waals surface area contributed by atoms with E-state index in [-0.39, 0.29) is 0 Å². The number of aromatic nitrogens is 3. The van der Waals surface area contributed by atoms with Crippen LogP contribution >= 0.6 is 0 Å². The van der Waals surface area contributed by atoms with Crippen LogP contribution in [0.2, 0.25) is 0 Å². The van der Waals surface area contributed by atoms with Crippen LogP contribution in [-0.2, 0) is 20.3 Å². The Kier molecular flexibility index (Phi) is 2.65. The number of nitrogens with zero attached hydrogens (tertiary/aromatic N) is 3. The summed E-state index contributed by atoms with van der Waals surface area (Å²) in [7, 11) is 3.27. The molecule has 2 aromatic rings. The third kappa shape index (κ3) is 2.15. The van der Waals surface area contributed by atoms with Crippen LogP contribution in [0.25, 0.3) is 11.4 Å². The molecule has 0 spiro atoms. The van der Waals surface area contributed by atoms with Crippen molar-refractivity contribution in [1.82, 2.24) is 9.78 Å². The van der Waals surface area contributed by atoms with Gasteiger partial charge in [-0.25, -0.2) is 0 Å². The van der Waals surface area contributed by atoms with Crippen LogP contribution in [0, 0.1) is 0 Å². The molecule has 2 heterocycles. The number of rotatable bonds is 1. The largest absolute Gasteiger partial charge is 0.435 e. The van der Waals surface area contributed by atoms with Gasteiger partial charge in [0.25, 0.3) is 0 Å². The predicted octanol–water partition coefficient (Wildman–Crippen LogP) is 1.93. The van der Waals surface area contributed by atoms with Gasteiger partial charge in [-0.3, -0.25) is 4.68 Å². The van der Waals surface area contributed by atoms with Gasteiger partial charge in [0.1, 0.15) is 12.7 Å². The SMILES string of the molecule is Cn1nc(C(F)(F)F)cc1-c1cccc[n+]1C. The van der Waals surface area contributed by atoms with E-state index in [1.807, 2.05) is 6.07 Å². The zero-order valence-electron chi connectivity index (χ0n) is 9.36. The second-order valence-corrected chi connectivity index (χ2v) is 3.73. The molecule has 0 atom stereocenters. The maximum Gasteiger partial charge on any atom is 0.435 e. The number of alkyl halides is 3. The van der Waals surface area contributed by atoms with Crippen molar-refractivity contribution >= 4 is 0 Å². The molecule has 0 aromatic carbocycles. The third-order valence-electron chi connectivity index (χ3n) is 2.49. The summed E-state index contributed by atoms with van der Waals surface area (Å²) in [6.07, 6.45) is -2.64. The monoisotopic (exact) mass is 242 g/mol. The van der Waals surface area contributed by atoms with Gasteiger partial charge in [-0.2, -0.15) is 22.8 Å². The predicted molar refractivity (Wildman–Crippen MR) is 54.8 cm³/mol. The molecule has 0 unspecified atom stereocenters. The van der Waals surface area contributed by atoms with Crippen molar-refractivity contribution < 1.29 is 17.7 Å². The van der Waals surface area contributed by atoms with Gasteiger partial charge in [0.15, 0.2) is 11.9 Å². The lowest BCUT2D eigenvalue weighted by molar-refractivity contribution is -0.660. The van der Waals surface area contributed by atoms with Gasteiger partial charge in [-0.05, 0) is 6.07 Å². The Morgan fingerprint density at radius 3 is 2.53 bits per heavy atom. The van der Waals surface area contributed by atoms with Gasteiger partial charge in [0.2, 0.25) is 5.69 Å². The van der Waals surface area contributed by atoms with Crippen LogP contribution in [0.3, 0.4) is 0 Å². The zero-order chi connectivity index (χ0) is 12.6. The summed E-state index contributed by atoms with van der Waals surface area (Å²) < 4.78 is 40.5. The Hall–Kier alpha value is -1.85. The maximum atomic E-state index is 12.5. The van der Waals surface area contributed by atoms with E-state index in [9.17, 15) is 13.2 Å². The van der Waals surface area contributed by atoms with Gasteiger partial charge < -0.3 is 0 Å². The summed E-state index contributed by atoms with van der Waals surface area (Å²) in [4.78, 5) is 0. The molecule has 0 fully saturated rings.